The molecule has 1 aliphatic heterocycles. The van der Waals surface area contributed by atoms with E-state index in [1.54, 1.807) is 30.2 Å². The molecule has 3 heterocycles. The molecule has 7 nitrogen and oxygen atoms in total. The second-order valence-electron chi connectivity index (χ2n) is 11.5. The van der Waals surface area contributed by atoms with Crippen molar-refractivity contribution in [3.63, 3.8) is 0 Å². The van der Waals surface area contributed by atoms with Crippen LogP contribution in [-0.4, -0.2) is 60.0 Å². The lowest BCUT2D eigenvalue weighted by atomic mass is 10.0. The predicted molar refractivity (Wildman–Crippen MR) is 210 cm³/mol. The lowest BCUT2D eigenvalue weighted by molar-refractivity contribution is 0.249. The van der Waals surface area contributed by atoms with Gasteiger partial charge in [0, 0.05) is 40.5 Å². The summed E-state index contributed by atoms with van der Waals surface area (Å²) in [5.41, 5.74) is 3.72. The van der Waals surface area contributed by atoms with Gasteiger partial charge in [-0.1, -0.05) is 88.0 Å². The van der Waals surface area contributed by atoms with E-state index in [1.807, 2.05) is 57.4 Å². The van der Waals surface area contributed by atoms with Gasteiger partial charge >= 0.3 is 0 Å². The molecule has 0 radical (unpaired) electrons. The molecule has 0 saturated carbocycles. The Morgan fingerprint density at radius 1 is 1.07 bits per heavy atom. The van der Waals surface area contributed by atoms with Crippen molar-refractivity contribution in [1.82, 2.24) is 14.9 Å². The number of thiophene rings is 1. The van der Waals surface area contributed by atoms with Gasteiger partial charge in [0.25, 0.3) is 0 Å². The number of methoxy groups -OCH3 is 1. The van der Waals surface area contributed by atoms with Crippen LogP contribution in [0, 0.1) is 0 Å². The van der Waals surface area contributed by atoms with Crippen molar-refractivity contribution in [3.05, 3.63) is 65.6 Å². The highest BCUT2D eigenvalue weighted by molar-refractivity contribution is 8.04. The Balaban J connectivity index is 0.00000140. The summed E-state index contributed by atoms with van der Waals surface area (Å²) in [6.07, 6.45) is 7.24. The van der Waals surface area contributed by atoms with E-state index in [4.69, 9.17) is 14.7 Å². The van der Waals surface area contributed by atoms with Crippen molar-refractivity contribution < 1.29 is 4.74 Å². The van der Waals surface area contributed by atoms with E-state index in [1.165, 1.54) is 12.1 Å². The number of fused-ring (bicyclic) bond motifs is 1. The van der Waals surface area contributed by atoms with Crippen LogP contribution in [0.2, 0.25) is 0 Å². The first-order valence-corrected chi connectivity index (χ1v) is 18.3. The van der Waals surface area contributed by atoms with Crippen LogP contribution in [-0.2, 0) is 0 Å². The zero-order chi connectivity index (χ0) is 34.9. The molecule has 2 aromatic heterocycles. The first-order chi connectivity index (χ1) is 22.0. The summed E-state index contributed by atoms with van der Waals surface area (Å²) in [6, 6.07) is 8.93. The molecule has 0 bridgehead atoms. The fraction of sp³-hybridized carbons (Fsp3) is 0.514. The van der Waals surface area contributed by atoms with Gasteiger partial charge < -0.3 is 25.2 Å². The smallest absolute Gasteiger partial charge is 0.229 e. The largest absolute Gasteiger partial charge is 0.494 e. The molecule has 1 saturated heterocycles. The topological polar surface area (TPSA) is 65.6 Å². The third kappa shape index (κ3) is 12.3. The van der Waals surface area contributed by atoms with Gasteiger partial charge in [-0.2, -0.15) is 4.98 Å². The Hall–Kier alpha value is -3.01. The average molecular weight is 669 g/mol. The van der Waals surface area contributed by atoms with Crippen LogP contribution in [0.1, 0.15) is 81.6 Å². The second kappa shape index (κ2) is 21.0. The van der Waals surface area contributed by atoms with Gasteiger partial charge in [-0.05, 0) is 56.6 Å². The van der Waals surface area contributed by atoms with Gasteiger partial charge in [-0.3, -0.25) is 0 Å². The zero-order valence-corrected chi connectivity index (χ0v) is 32.2. The minimum absolute atomic E-state index is 0.0288. The van der Waals surface area contributed by atoms with Crippen molar-refractivity contribution in [2.24, 2.45) is 0 Å². The van der Waals surface area contributed by atoms with Crippen molar-refractivity contribution in [2.75, 3.05) is 49.8 Å². The predicted octanol–water partition coefficient (Wildman–Crippen LogP) is 11.0. The van der Waals surface area contributed by atoms with Crippen LogP contribution in [0.15, 0.2) is 65.6 Å². The van der Waals surface area contributed by atoms with Crippen molar-refractivity contribution in [3.8, 4) is 5.75 Å². The van der Waals surface area contributed by atoms with Crippen molar-refractivity contribution in [1.29, 1.82) is 0 Å². The number of allylic oxidation sites excluding steroid dienone is 2. The second-order valence-corrected chi connectivity index (χ2v) is 14.2. The van der Waals surface area contributed by atoms with E-state index >= 15 is 0 Å². The molecular formula is C37H60N6OS2. The summed E-state index contributed by atoms with van der Waals surface area (Å²) in [5, 5.41) is 8.92. The van der Waals surface area contributed by atoms with Crippen LogP contribution in [0.25, 0.3) is 10.2 Å². The first-order valence-electron chi connectivity index (χ1n) is 16.6. The van der Waals surface area contributed by atoms with Gasteiger partial charge in [-0.15, -0.1) is 23.1 Å². The number of hydrogen-bond donors (Lipinski definition) is 2. The number of hydrogen-bond acceptors (Lipinski definition) is 9. The Bertz CT molecular complexity index is 1370. The molecule has 2 N–H and O–H groups in total. The quantitative estimate of drug-likeness (QED) is 0.207. The molecular weight excluding hydrogens is 609 g/mol. The summed E-state index contributed by atoms with van der Waals surface area (Å²) in [7, 11) is 6.03. The van der Waals surface area contributed by atoms with E-state index in [2.05, 4.69) is 94.4 Å². The molecule has 256 valence electrons. The Kier molecular flexibility index (Phi) is 18.7. The van der Waals surface area contributed by atoms with E-state index in [0.29, 0.717) is 12.0 Å². The fourth-order valence-electron chi connectivity index (χ4n) is 4.62. The van der Waals surface area contributed by atoms with Gasteiger partial charge in [0.2, 0.25) is 5.95 Å². The number of ether oxygens (including phenoxy) is 1. The van der Waals surface area contributed by atoms with Crippen LogP contribution in [0.5, 0.6) is 5.75 Å². The van der Waals surface area contributed by atoms with Crippen LogP contribution >= 0.6 is 23.1 Å². The molecule has 46 heavy (non-hydrogen) atoms. The Morgan fingerprint density at radius 2 is 1.70 bits per heavy atom. The first kappa shape index (κ1) is 41.0. The van der Waals surface area contributed by atoms with Gasteiger partial charge in [0.15, 0.2) is 5.82 Å². The number of thioether (sulfide) groups is 1. The summed E-state index contributed by atoms with van der Waals surface area (Å²) in [6.45, 7) is 28.9. The normalized spacial score (nSPS) is 13.6. The molecule has 0 spiro atoms. The molecule has 4 rings (SSSR count). The van der Waals surface area contributed by atoms with E-state index in [-0.39, 0.29) is 4.75 Å². The highest BCUT2D eigenvalue weighted by atomic mass is 32.2. The maximum Gasteiger partial charge on any atom is 0.229 e. The number of aromatic nitrogens is 2. The van der Waals surface area contributed by atoms with Crippen LogP contribution < -0.4 is 20.3 Å². The fourth-order valence-corrected chi connectivity index (χ4v) is 6.39. The maximum atomic E-state index is 5.78. The van der Waals surface area contributed by atoms with E-state index in [0.717, 1.165) is 64.0 Å². The molecule has 0 atom stereocenters. The summed E-state index contributed by atoms with van der Waals surface area (Å²) in [4.78, 5) is 15.4. The van der Waals surface area contributed by atoms with E-state index < -0.39 is 0 Å². The molecule has 0 amide bonds. The molecule has 1 fully saturated rings. The number of nitrogens with zero attached hydrogens (tertiary/aromatic N) is 4. The lowest BCUT2D eigenvalue weighted by Gasteiger charge is -2.36. The molecule has 3 aromatic rings. The van der Waals surface area contributed by atoms with Crippen LogP contribution in [0.3, 0.4) is 0 Å². The minimum Gasteiger partial charge on any atom is -0.494 e. The maximum absolute atomic E-state index is 5.78. The monoisotopic (exact) mass is 668 g/mol. The van der Waals surface area contributed by atoms with Gasteiger partial charge in [0.1, 0.15) is 5.75 Å². The SMILES string of the molecule is C=C/C(Nc1nc(Nc2ccc(N3CCC(N(C)C)CC3)cc2OC)nc2ccsc12)=C(\C=C)SC(C)(C)C.CC.CC.CCC. The highest BCUT2D eigenvalue weighted by Crippen LogP contribution is 2.37. The zero-order valence-electron chi connectivity index (χ0n) is 30.6. The van der Waals surface area contributed by atoms with Crippen molar-refractivity contribution in [2.45, 2.75) is 92.4 Å². The summed E-state index contributed by atoms with van der Waals surface area (Å²) in [5.74, 6) is 1.97. The van der Waals surface area contributed by atoms with Gasteiger partial charge in [0.05, 0.1) is 28.7 Å². The molecule has 1 aliphatic rings. The number of benzene rings is 1. The van der Waals surface area contributed by atoms with Gasteiger partial charge in [-0.25, -0.2) is 4.98 Å². The average Bonchev–Trinajstić information content (AvgIpc) is 3.53. The standard InChI is InChI=1S/C30H40N6OS2.C3H8.2C2H6/c1-9-22(26(10-2)39-30(3,4)5)31-28-27-24(15-18-38-27)33-29(34-28)32-23-12-11-21(19-25(23)37-8)36-16-13-20(14-17-36)35(6)7;1-3-2;2*1-2/h9-12,15,18-20H,1-2,13-14,16-17H2,3-8H3,(H2,31,32,33,34);3H2,1-2H3;2*1-2H3/b26-22-;;;. The summed E-state index contributed by atoms with van der Waals surface area (Å²) < 4.78 is 6.79. The molecule has 0 unspecified atom stereocenters. The number of nitrogens with one attached hydrogen (secondary N) is 2. The Labute approximate surface area is 288 Å². The van der Waals surface area contributed by atoms with E-state index in [9.17, 15) is 0 Å². The lowest BCUT2D eigenvalue weighted by Crippen LogP contribution is -2.41. The number of anilines is 4. The van der Waals surface area contributed by atoms with Crippen LogP contribution in [0.4, 0.5) is 23.1 Å². The number of piperidine rings is 1. The van der Waals surface area contributed by atoms with Crippen molar-refractivity contribution >= 4 is 56.5 Å². The summed E-state index contributed by atoms with van der Waals surface area (Å²) >= 11 is 3.34. The molecule has 1 aromatic carbocycles. The third-order valence-electron chi connectivity index (χ3n) is 6.62. The molecule has 9 heteroatoms. The molecule has 0 aliphatic carbocycles. The number of rotatable bonds is 10. The third-order valence-corrected chi connectivity index (χ3v) is 8.75. The highest BCUT2D eigenvalue weighted by Gasteiger charge is 2.22. The Morgan fingerprint density at radius 3 is 2.22 bits per heavy atom. The minimum atomic E-state index is 0.0288.